The van der Waals surface area contributed by atoms with E-state index in [1.165, 1.54) is 18.2 Å². The standard InChI is InChI=1S/C23H18FN3O3/c1-14-12-16(15(2)26(14)18-6-4-3-5-7-18)13-20-21(28)25-23(30)27(22(20)29)19-10-8-17(24)9-11-19/h3-13H,1-2H3,(H,25,28,30). The SMILES string of the molecule is Cc1cc(C=C2C(=O)NC(=O)N(c3ccc(F)cc3)C2=O)c(C)n1-c1ccccc1. The summed E-state index contributed by atoms with van der Waals surface area (Å²) in [6, 6.07) is 15.6. The molecular weight excluding hydrogens is 385 g/mol. The van der Waals surface area contributed by atoms with Gasteiger partial charge in [-0.1, -0.05) is 18.2 Å². The first-order valence-corrected chi connectivity index (χ1v) is 9.28. The summed E-state index contributed by atoms with van der Waals surface area (Å²) in [4.78, 5) is 38.5. The average molecular weight is 403 g/mol. The van der Waals surface area contributed by atoms with Gasteiger partial charge in [-0.3, -0.25) is 14.9 Å². The molecule has 0 aliphatic carbocycles. The second kappa shape index (κ2) is 7.44. The summed E-state index contributed by atoms with van der Waals surface area (Å²) in [5.41, 5.74) is 3.42. The number of para-hydroxylation sites is 1. The maximum atomic E-state index is 13.2. The lowest BCUT2D eigenvalue weighted by Gasteiger charge is -2.26. The van der Waals surface area contributed by atoms with Crippen molar-refractivity contribution in [1.29, 1.82) is 0 Å². The molecule has 2 heterocycles. The number of anilines is 1. The van der Waals surface area contributed by atoms with Crippen molar-refractivity contribution in [2.75, 3.05) is 4.90 Å². The molecule has 7 heteroatoms. The van der Waals surface area contributed by atoms with Crippen LogP contribution in [0.3, 0.4) is 0 Å². The van der Waals surface area contributed by atoms with Crippen LogP contribution in [0.1, 0.15) is 17.0 Å². The van der Waals surface area contributed by atoms with Crippen molar-refractivity contribution in [2.24, 2.45) is 0 Å². The maximum absolute atomic E-state index is 13.2. The zero-order valence-electron chi connectivity index (χ0n) is 16.3. The summed E-state index contributed by atoms with van der Waals surface area (Å²) in [5.74, 6) is -2.03. The Morgan fingerprint density at radius 3 is 2.23 bits per heavy atom. The van der Waals surface area contributed by atoms with E-state index in [9.17, 15) is 18.8 Å². The second-order valence-corrected chi connectivity index (χ2v) is 6.93. The Balaban J connectivity index is 1.76. The number of rotatable bonds is 3. The predicted octanol–water partition coefficient (Wildman–Crippen LogP) is 3.90. The first kappa shape index (κ1) is 19.3. The molecule has 1 aromatic heterocycles. The van der Waals surface area contributed by atoms with E-state index in [-0.39, 0.29) is 11.3 Å². The molecule has 1 aliphatic heterocycles. The fourth-order valence-corrected chi connectivity index (χ4v) is 3.55. The lowest BCUT2D eigenvalue weighted by Crippen LogP contribution is -2.54. The molecule has 150 valence electrons. The van der Waals surface area contributed by atoms with Gasteiger partial charge in [-0.2, -0.15) is 0 Å². The summed E-state index contributed by atoms with van der Waals surface area (Å²) in [5, 5.41) is 2.17. The summed E-state index contributed by atoms with van der Waals surface area (Å²) >= 11 is 0. The molecule has 0 atom stereocenters. The van der Waals surface area contributed by atoms with Crippen LogP contribution in [0.2, 0.25) is 0 Å². The zero-order chi connectivity index (χ0) is 21.4. The Labute approximate surface area is 172 Å². The largest absolute Gasteiger partial charge is 0.335 e. The van der Waals surface area contributed by atoms with Crippen LogP contribution < -0.4 is 10.2 Å². The minimum Gasteiger partial charge on any atom is -0.318 e. The Morgan fingerprint density at radius 1 is 0.900 bits per heavy atom. The number of hydrogen-bond acceptors (Lipinski definition) is 3. The molecule has 0 saturated carbocycles. The smallest absolute Gasteiger partial charge is 0.318 e. The third-order valence-corrected chi connectivity index (χ3v) is 4.97. The Morgan fingerprint density at radius 2 is 1.57 bits per heavy atom. The topological polar surface area (TPSA) is 71.4 Å². The van der Waals surface area contributed by atoms with Gasteiger partial charge in [-0.05, 0) is 68.0 Å². The number of hydrogen-bond donors (Lipinski definition) is 1. The van der Waals surface area contributed by atoms with E-state index in [2.05, 4.69) is 5.32 Å². The summed E-state index contributed by atoms with van der Waals surface area (Å²) in [6.45, 7) is 3.82. The Hall–Kier alpha value is -4.00. The number of nitrogens with zero attached hydrogens (tertiary/aromatic N) is 2. The number of benzene rings is 2. The average Bonchev–Trinajstić information content (AvgIpc) is 3.00. The van der Waals surface area contributed by atoms with Crippen LogP contribution in [-0.2, 0) is 9.59 Å². The number of aryl methyl sites for hydroxylation is 1. The number of carbonyl (C=O) groups excluding carboxylic acids is 3. The molecule has 0 bridgehead atoms. The number of aromatic nitrogens is 1. The van der Waals surface area contributed by atoms with Crippen molar-refractivity contribution in [2.45, 2.75) is 13.8 Å². The van der Waals surface area contributed by atoms with Crippen LogP contribution in [0, 0.1) is 19.7 Å². The molecule has 1 N–H and O–H groups in total. The van der Waals surface area contributed by atoms with Gasteiger partial charge < -0.3 is 4.57 Å². The molecule has 2 aromatic carbocycles. The fourth-order valence-electron chi connectivity index (χ4n) is 3.55. The molecule has 1 saturated heterocycles. The van der Waals surface area contributed by atoms with Gasteiger partial charge in [0, 0.05) is 17.1 Å². The molecule has 30 heavy (non-hydrogen) atoms. The van der Waals surface area contributed by atoms with Crippen molar-refractivity contribution >= 4 is 29.6 Å². The molecular formula is C23H18FN3O3. The molecule has 1 aliphatic rings. The zero-order valence-corrected chi connectivity index (χ0v) is 16.3. The molecule has 4 rings (SSSR count). The second-order valence-electron chi connectivity index (χ2n) is 6.93. The molecule has 1 fully saturated rings. The van der Waals surface area contributed by atoms with Gasteiger partial charge >= 0.3 is 6.03 Å². The third-order valence-electron chi connectivity index (χ3n) is 4.97. The lowest BCUT2D eigenvalue weighted by atomic mass is 10.1. The molecule has 0 radical (unpaired) electrons. The minimum absolute atomic E-state index is 0.173. The Bertz CT molecular complexity index is 1190. The molecule has 6 nitrogen and oxygen atoms in total. The number of urea groups is 1. The summed E-state index contributed by atoms with van der Waals surface area (Å²) in [7, 11) is 0. The van der Waals surface area contributed by atoms with Crippen molar-refractivity contribution in [1.82, 2.24) is 9.88 Å². The number of barbiturate groups is 1. The van der Waals surface area contributed by atoms with E-state index < -0.39 is 23.7 Å². The van der Waals surface area contributed by atoms with Gasteiger partial charge in [-0.15, -0.1) is 0 Å². The highest BCUT2D eigenvalue weighted by Crippen LogP contribution is 2.26. The quantitative estimate of drug-likeness (QED) is 0.533. The molecule has 4 amide bonds. The van der Waals surface area contributed by atoms with Crippen LogP contribution in [-0.4, -0.2) is 22.4 Å². The lowest BCUT2D eigenvalue weighted by molar-refractivity contribution is -0.122. The number of halogens is 1. The van der Waals surface area contributed by atoms with E-state index in [0.29, 0.717) is 5.56 Å². The van der Waals surface area contributed by atoms with Crippen molar-refractivity contribution < 1.29 is 18.8 Å². The maximum Gasteiger partial charge on any atom is 0.335 e. The van der Waals surface area contributed by atoms with E-state index in [1.54, 1.807) is 0 Å². The highest BCUT2D eigenvalue weighted by molar-refractivity contribution is 6.39. The van der Waals surface area contributed by atoms with E-state index >= 15 is 0 Å². The summed E-state index contributed by atoms with van der Waals surface area (Å²) < 4.78 is 15.2. The third kappa shape index (κ3) is 3.30. The Kier molecular flexibility index (Phi) is 4.79. The number of carbonyl (C=O) groups is 3. The first-order chi connectivity index (χ1) is 14.4. The molecule has 3 aromatic rings. The van der Waals surface area contributed by atoms with Crippen molar-refractivity contribution in [3.05, 3.63) is 89.0 Å². The molecule has 0 spiro atoms. The van der Waals surface area contributed by atoms with Crippen LogP contribution >= 0.6 is 0 Å². The molecule has 0 unspecified atom stereocenters. The normalized spacial score (nSPS) is 15.6. The van der Waals surface area contributed by atoms with Gasteiger partial charge in [-0.25, -0.2) is 14.1 Å². The van der Waals surface area contributed by atoms with Crippen LogP contribution in [0.4, 0.5) is 14.9 Å². The van der Waals surface area contributed by atoms with Crippen molar-refractivity contribution in [3.63, 3.8) is 0 Å². The predicted molar refractivity (Wildman–Crippen MR) is 111 cm³/mol. The van der Waals surface area contributed by atoms with Crippen LogP contribution in [0.5, 0.6) is 0 Å². The van der Waals surface area contributed by atoms with Crippen LogP contribution in [0.25, 0.3) is 11.8 Å². The van der Waals surface area contributed by atoms with Gasteiger partial charge in [0.05, 0.1) is 5.69 Å². The highest BCUT2D eigenvalue weighted by atomic mass is 19.1. The van der Waals surface area contributed by atoms with E-state index in [1.807, 2.05) is 54.8 Å². The highest BCUT2D eigenvalue weighted by Gasteiger charge is 2.37. The van der Waals surface area contributed by atoms with Gasteiger partial charge in [0.1, 0.15) is 11.4 Å². The number of amides is 4. The summed E-state index contributed by atoms with van der Waals surface area (Å²) in [6.07, 6.45) is 1.47. The van der Waals surface area contributed by atoms with E-state index in [4.69, 9.17) is 0 Å². The van der Waals surface area contributed by atoms with Gasteiger partial charge in [0.15, 0.2) is 0 Å². The minimum atomic E-state index is -0.872. The van der Waals surface area contributed by atoms with E-state index in [0.717, 1.165) is 34.1 Å². The number of nitrogens with one attached hydrogen (secondary N) is 1. The van der Waals surface area contributed by atoms with Crippen LogP contribution in [0.15, 0.2) is 66.2 Å². The van der Waals surface area contributed by atoms with Gasteiger partial charge in [0.25, 0.3) is 11.8 Å². The van der Waals surface area contributed by atoms with Crippen molar-refractivity contribution in [3.8, 4) is 5.69 Å². The number of imide groups is 2. The van der Waals surface area contributed by atoms with Gasteiger partial charge in [0.2, 0.25) is 0 Å². The monoisotopic (exact) mass is 403 g/mol. The first-order valence-electron chi connectivity index (χ1n) is 9.28. The fraction of sp³-hybridized carbons (Fsp3) is 0.0870.